The van der Waals surface area contributed by atoms with Gasteiger partial charge in [-0.25, -0.2) is 9.37 Å². The first-order chi connectivity index (χ1) is 19.5. The molecular formula is C33H31BrCl2FN3. The highest BCUT2D eigenvalue weighted by Gasteiger charge is 2.27. The van der Waals surface area contributed by atoms with E-state index in [4.69, 9.17) is 23.2 Å². The predicted octanol–water partition coefficient (Wildman–Crippen LogP) is 9.99. The summed E-state index contributed by atoms with van der Waals surface area (Å²) in [6.07, 6.45) is 14.8. The summed E-state index contributed by atoms with van der Waals surface area (Å²) in [5, 5.41) is 5.81. The quantitative estimate of drug-likeness (QED) is 0.204. The number of hydrogen-bond donors (Lipinski definition) is 1. The van der Waals surface area contributed by atoms with Crippen LogP contribution in [0.3, 0.4) is 0 Å². The minimum atomic E-state index is -0.372. The van der Waals surface area contributed by atoms with Crippen LogP contribution in [0.15, 0.2) is 70.8 Å². The lowest BCUT2D eigenvalue weighted by Gasteiger charge is -2.22. The second kappa shape index (κ2) is 12.1. The predicted molar refractivity (Wildman–Crippen MR) is 168 cm³/mol. The number of nitrogens with zero attached hydrogens (tertiary/aromatic N) is 2. The molecule has 1 fully saturated rings. The van der Waals surface area contributed by atoms with Crippen LogP contribution in [0, 0.1) is 11.7 Å². The lowest BCUT2D eigenvalue weighted by molar-refractivity contribution is 0.428. The third kappa shape index (κ3) is 6.17. The Kier molecular flexibility index (Phi) is 8.34. The number of nitrogens with one attached hydrogen (secondary N) is 1. The molecule has 4 aromatic rings. The highest BCUT2D eigenvalue weighted by molar-refractivity contribution is 9.10. The van der Waals surface area contributed by atoms with E-state index in [9.17, 15) is 4.39 Å². The van der Waals surface area contributed by atoms with Crippen molar-refractivity contribution in [2.24, 2.45) is 5.92 Å². The van der Waals surface area contributed by atoms with Gasteiger partial charge in [-0.1, -0.05) is 57.4 Å². The van der Waals surface area contributed by atoms with Crippen LogP contribution in [-0.2, 0) is 19.4 Å². The van der Waals surface area contributed by atoms with Crippen molar-refractivity contribution in [2.75, 3.05) is 0 Å². The van der Waals surface area contributed by atoms with Crippen LogP contribution in [0.5, 0.6) is 0 Å². The van der Waals surface area contributed by atoms with Gasteiger partial charge in [-0.15, -0.1) is 0 Å². The van der Waals surface area contributed by atoms with E-state index in [0.717, 1.165) is 60.5 Å². The molecule has 1 unspecified atom stereocenters. The number of hydrogen-bond acceptors (Lipinski definition) is 2. The standard InChI is InChI=1S/C33H31BrCl2FN3/c34-25-11-14-31-27(19-25)26-6-2-4-21(3-1-5-22-7-12-28(35)29(37)17-22)8-13-30(26)40(31)33(24-9-10-24)39-20-23-15-16-38-32(36)18-23/h1,5,7,11-12,14-19,21,39H,2-4,6,8-10,13,20H2/b5-1+. The summed E-state index contributed by atoms with van der Waals surface area (Å²) in [5.74, 6) is 1.44. The Morgan fingerprint density at radius 2 is 1.93 bits per heavy atom. The van der Waals surface area contributed by atoms with Crippen molar-refractivity contribution in [3.8, 4) is 0 Å². The molecule has 6 rings (SSSR count). The van der Waals surface area contributed by atoms with Crippen LogP contribution in [0.2, 0.25) is 10.2 Å². The fourth-order valence-electron chi connectivity index (χ4n) is 5.88. The zero-order valence-corrected chi connectivity index (χ0v) is 25.3. The first-order valence-corrected chi connectivity index (χ1v) is 15.5. The monoisotopic (exact) mass is 637 g/mol. The molecule has 1 atom stereocenters. The topological polar surface area (TPSA) is 29.9 Å². The van der Waals surface area contributed by atoms with Gasteiger partial charge in [0, 0.05) is 28.3 Å². The largest absolute Gasteiger partial charge is 0.367 e. The number of aryl methyl sites for hydroxylation is 1. The van der Waals surface area contributed by atoms with Crippen molar-refractivity contribution in [3.05, 3.63) is 109 Å². The van der Waals surface area contributed by atoms with E-state index in [2.05, 4.69) is 55.1 Å². The third-order valence-corrected chi connectivity index (χ3v) is 9.01. The molecule has 2 aliphatic rings. The molecule has 2 aromatic heterocycles. The molecule has 0 amide bonds. The van der Waals surface area contributed by atoms with Crippen LogP contribution in [-0.4, -0.2) is 9.55 Å². The molecule has 1 saturated carbocycles. The fraction of sp³-hybridized carbons (Fsp3) is 0.303. The number of fused-ring (bicyclic) bond motifs is 3. The van der Waals surface area contributed by atoms with E-state index in [1.54, 1.807) is 12.3 Å². The average Bonchev–Trinajstić information content (AvgIpc) is 3.72. The first kappa shape index (κ1) is 27.6. The van der Waals surface area contributed by atoms with Gasteiger partial charge in [0.05, 0.1) is 10.5 Å². The van der Waals surface area contributed by atoms with E-state index in [-0.39, 0.29) is 10.8 Å². The molecule has 40 heavy (non-hydrogen) atoms. The first-order valence-electron chi connectivity index (χ1n) is 14.0. The van der Waals surface area contributed by atoms with Crippen molar-refractivity contribution in [3.63, 3.8) is 0 Å². The Bertz CT molecular complexity index is 1620. The molecule has 7 heteroatoms. The SMILES string of the molecule is Fc1cc(/C=C/CC2CCCc3c(n(C(NCc4ccnc(Cl)c4)=C4CC4)c4ccc(Br)cc34)CC2)ccc1Cl. The summed E-state index contributed by atoms with van der Waals surface area (Å²) in [5.41, 5.74) is 7.62. The molecule has 0 saturated heterocycles. The van der Waals surface area contributed by atoms with Crippen LogP contribution in [0.25, 0.3) is 22.8 Å². The van der Waals surface area contributed by atoms with Crippen LogP contribution < -0.4 is 5.32 Å². The number of allylic oxidation sites excluding steroid dienone is 2. The molecule has 3 nitrogen and oxygen atoms in total. The van der Waals surface area contributed by atoms with Gasteiger partial charge < -0.3 is 5.32 Å². The lowest BCUT2D eigenvalue weighted by atomic mass is 9.87. The summed E-state index contributed by atoms with van der Waals surface area (Å²) in [7, 11) is 0. The van der Waals surface area contributed by atoms with Gasteiger partial charge in [-0.2, -0.15) is 0 Å². The smallest absolute Gasteiger partial charge is 0.142 e. The zero-order valence-electron chi connectivity index (χ0n) is 22.2. The maximum absolute atomic E-state index is 13.9. The van der Waals surface area contributed by atoms with Crippen LogP contribution in [0.4, 0.5) is 4.39 Å². The molecule has 206 valence electrons. The van der Waals surface area contributed by atoms with Gasteiger partial charge in [-0.3, -0.25) is 4.57 Å². The maximum Gasteiger partial charge on any atom is 0.142 e. The minimum Gasteiger partial charge on any atom is -0.367 e. The van der Waals surface area contributed by atoms with Crippen molar-refractivity contribution in [1.82, 2.24) is 14.9 Å². The number of pyridine rings is 1. The van der Waals surface area contributed by atoms with Crippen LogP contribution in [0.1, 0.15) is 60.9 Å². The molecule has 2 aromatic carbocycles. The molecule has 2 heterocycles. The third-order valence-electron chi connectivity index (χ3n) is 8.00. The minimum absolute atomic E-state index is 0.162. The highest BCUT2D eigenvalue weighted by Crippen LogP contribution is 2.40. The molecule has 0 radical (unpaired) electrons. The van der Waals surface area contributed by atoms with E-state index in [0.29, 0.717) is 17.6 Å². The van der Waals surface area contributed by atoms with Crippen molar-refractivity contribution >= 4 is 61.9 Å². The average molecular weight is 639 g/mol. The summed E-state index contributed by atoms with van der Waals surface area (Å²) in [6.45, 7) is 0.699. The van der Waals surface area contributed by atoms with E-state index < -0.39 is 0 Å². The van der Waals surface area contributed by atoms with Gasteiger partial charge in [0.1, 0.15) is 16.8 Å². The molecule has 2 aliphatic carbocycles. The van der Waals surface area contributed by atoms with E-state index in [1.807, 2.05) is 24.3 Å². The summed E-state index contributed by atoms with van der Waals surface area (Å²) < 4.78 is 17.5. The van der Waals surface area contributed by atoms with E-state index >= 15 is 0 Å². The van der Waals surface area contributed by atoms with Gasteiger partial charge >= 0.3 is 0 Å². The normalized spacial score (nSPS) is 17.1. The van der Waals surface area contributed by atoms with Crippen molar-refractivity contribution < 1.29 is 4.39 Å². The zero-order chi connectivity index (χ0) is 27.6. The summed E-state index contributed by atoms with van der Waals surface area (Å²) in [4.78, 5) is 4.13. The van der Waals surface area contributed by atoms with Crippen molar-refractivity contribution in [1.29, 1.82) is 0 Å². The second-order valence-corrected chi connectivity index (χ2v) is 12.5. The Balaban J connectivity index is 1.28. The fourth-order valence-corrected chi connectivity index (χ4v) is 6.55. The molecule has 0 bridgehead atoms. The van der Waals surface area contributed by atoms with Gasteiger partial charge in [0.15, 0.2) is 0 Å². The van der Waals surface area contributed by atoms with Crippen LogP contribution >= 0.6 is 39.1 Å². The number of rotatable bonds is 7. The summed E-state index contributed by atoms with van der Waals surface area (Å²) >= 11 is 15.7. The van der Waals surface area contributed by atoms with Gasteiger partial charge in [0.25, 0.3) is 0 Å². The Labute approximate surface area is 253 Å². The Hall–Kier alpha value is -2.60. The second-order valence-electron chi connectivity index (χ2n) is 10.8. The molecule has 0 aliphatic heterocycles. The number of benzene rings is 2. The van der Waals surface area contributed by atoms with E-state index in [1.165, 1.54) is 46.0 Å². The van der Waals surface area contributed by atoms with Gasteiger partial charge in [-0.05, 0) is 122 Å². The summed E-state index contributed by atoms with van der Waals surface area (Å²) in [6, 6.07) is 15.6. The molecule has 0 spiro atoms. The maximum atomic E-state index is 13.9. The molecular weight excluding hydrogens is 608 g/mol. The highest BCUT2D eigenvalue weighted by atomic mass is 79.9. The molecule has 1 N–H and O–H groups in total. The lowest BCUT2D eigenvalue weighted by Crippen LogP contribution is -2.20. The number of aromatic nitrogens is 2. The van der Waals surface area contributed by atoms with Crippen molar-refractivity contribution in [2.45, 2.75) is 57.9 Å². The number of halogens is 4. The Morgan fingerprint density at radius 3 is 2.73 bits per heavy atom. The Morgan fingerprint density at radius 1 is 1.05 bits per heavy atom. The van der Waals surface area contributed by atoms with Gasteiger partial charge in [0.2, 0.25) is 0 Å².